The Morgan fingerprint density at radius 1 is 1.31 bits per heavy atom. The molecule has 2 nitrogen and oxygen atoms in total. The third-order valence-corrected chi connectivity index (χ3v) is 3.17. The Labute approximate surface area is 97.1 Å². The SMILES string of the molecule is COc1ccc2c(c1)C(=CCN)CCCC2. The Morgan fingerprint density at radius 2 is 2.12 bits per heavy atom. The first-order valence-corrected chi connectivity index (χ1v) is 5.91. The Morgan fingerprint density at radius 3 is 2.88 bits per heavy atom. The first kappa shape index (κ1) is 11.2. The molecule has 0 saturated carbocycles. The molecule has 0 unspecified atom stereocenters. The van der Waals surface area contributed by atoms with Crippen molar-refractivity contribution < 1.29 is 4.74 Å². The lowest BCUT2D eigenvalue weighted by atomic mass is 9.98. The minimum atomic E-state index is 0.617. The van der Waals surface area contributed by atoms with Crippen LogP contribution in [0.4, 0.5) is 0 Å². The fourth-order valence-electron chi connectivity index (χ4n) is 2.32. The molecule has 0 heterocycles. The van der Waals surface area contributed by atoms with Crippen LogP contribution < -0.4 is 10.5 Å². The Balaban J connectivity index is 2.45. The van der Waals surface area contributed by atoms with Gasteiger partial charge in [-0.1, -0.05) is 12.1 Å². The van der Waals surface area contributed by atoms with Crippen LogP contribution in [0.5, 0.6) is 5.75 Å². The van der Waals surface area contributed by atoms with Crippen LogP contribution >= 0.6 is 0 Å². The molecule has 86 valence electrons. The summed E-state index contributed by atoms with van der Waals surface area (Å²) >= 11 is 0. The number of methoxy groups -OCH3 is 1. The Hall–Kier alpha value is -1.28. The fraction of sp³-hybridized carbons (Fsp3) is 0.429. The molecular weight excluding hydrogens is 198 g/mol. The Bertz CT molecular complexity index is 396. The van der Waals surface area contributed by atoms with Gasteiger partial charge in [0.15, 0.2) is 0 Å². The van der Waals surface area contributed by atoms with E-state index in [0.29, 0.717) is 6.54 Å². The molecule has 0 aromatic heterocycles. The number of allylic oxidation sites excluding steroid dienone is 1. The molecule has 0 atom stereocenters. The van der Waals surface area contributed by atoms with Crippen molar-refractivity contribution in [3.8, 4) is 5.75 Å². The summed E-state index contributed by atoms with van der Waals surface area (Å²) in [5.74, 6) is 0.934. The zero-order valence-electron chi connectivity index (χ0n) is 9.83. The molecular formula is C14H19NO. The van der Waals surface area contributed by atoms with E-state index in [2.05, 4.69) is 18.2 Å². The maximum Gasteiger partial charge on any atom is 0.119 e. The van der Waals surface area contributed by atoms with Crippen molar-refractivity contribution >= 4 is 5.57 Å². The third-order valence-electron chi connectivity index (χ3n) is 3.17. The van der Waals surface area contributed by atoms with Crippen LogP contribution in [-0.2, 0) is 6.42 Å². The van der Waals surface area contributed by atoms with E-state index in [9.17, 15) is 0 Å². The van der Waals surface area contributed by atoms with Crippen molar-refractivity contribution in [3.05, 3.63) is 35.4 Å². The highest BCUT2D eigenvalue weighted by Crippen LogP contribution is 2.31. The summed E-state index contributed by atoms with van der Waals surface area (Å²) in [6.45, 7) is 0.617. The number of hydrogen-bond donors (Lipinski definition) is 1. The van der Waals surface area contributed by atoms with Gasteiger partial charge in [0.25, 0.3) is 0 Å². The van der Waals surface area contributed by atoms with Gasteiger partial charge in [0.1, 0.15) is 5.75 Å². The van der Waals surface area contributed by atoms with Crippen molar-refractivity contribution in [2.75, 3.05) is 13.7 Å². The van der Waals surface area contributed by atoms with Crippen LogP contribution in [0, 0.1) is 0 Å². The van der Waals surface area contributed by atoms with Gasteiger partial charge in [-0.05, 0) is 54.5 Å². The molecule has 1 aromatic rings. The molecule has 0 amide bonds. The van der Waals surface area contributed by atoms with Gasteiger partial charge in [-0.2, -0.15) is 0 Å². The summed E-state index contributed by atoms with van der Waals surface area (Å²) in [5.41, 5.74) is 9.78. The predicted octanol–water partition coefficient (Wildman–Crippen LogP) is 2.76. The second-order valence-corrected chi connectivity index (χ2v) is 4.20. The zero-order chi connectivity index (χ0) is 11.4. The standard InChI is InChI=1S/C14H19NO/c1-16-13-7-6-11-4-2-3-5-12(8-9-15)14(11)10-13/h6-8,10H,2-5,9,15H2,1H3. The molecule has 1 aliphatic carbocycles. The molecule has 1 aromatic carbocycles. The number of hydrogen-bond acceptors (Lipinski definition) is 2. The number of aryl methyl sites for hydroxylation is 1. The predicted molar refractivity (Wildman–Crippen MR) is 67.6 cm³/mol. The molecule has 0 saturated heterocycles. The molecule has 1 aliphatic rings. The van der Waals surface area contributed by atoms with Crippen LogP contribution in [0.25, 0.3) is 5.57 Å². The van der Waals surface area contributed by atoms with Crippen molar-refractivity contribution in [1.82, 2.24) is 0 Å². The van der Waals surface area contributed by atoms with Crippen molar-refractivity contribution in [2.45, 2.75) is 25.7 Å². The lowest BCUT2D eigenvalue weighted by Gasteiger charge is -2.10. The van der Waals surface area contributed by atoms with E-state index >= 15 is 0 Å². The molecule has 0 spiro atoms. The van der Waals surface area contributed by atoms with Crippen LogP contribution in [0.2, 0.25) is 0 Å². The highest BCUT2D eigenvalue weighted by molar-refractivity contribution is 5.70. The van der Waals surface area contributed by atoms with Gasteiger partial charge in [-0.15, -0.1) is 0 Å². The third kappa shape index (κ3) is 2.27. The number of ether oxygens (including phenoxy) is 1. The van der Waals surface area contributed by atoms with Crippen molar-refractivity contribution in [1.29, 1.82) is 0 Å². The molecule has 2 heteroatoms. The first-order valence-electron chi connectivity index (χ1n) is 5.91. The minimum Gasteiger partial charge on any atom is -0.497 e. The van der Waals surface area contributed by atoms with E-state index in [1.54, 1.807) is 7.11 Å². The summed E-state index contributed by atoms with van der Waals surface area (Å²) in [6.07, 6.45) is 6.96. The topological polar surface area (TPSA) is 35.2 Å². The monoisotopic (exact) mass is 217 g/mol. The van der Waals surface area contributed by atoms with E-state index in [-0.39, 0.29) is 0 Å². The van der Waals surface area contributed by atoms with Crippen LogP contribution in [-0.4, -0.2) is 13.7 Å². The summed E-state index contributed by atoms with van der Waals surface area (Å²) in [6, 6.07) is 6.37. The van der Waals surface area contributed by atoms with E-state index in [4.69, 9.17) is 10.5 Å². The van der Waals surface area contributed by atoms with Gasteiger partial charge >= 0.3 is 0 Å². The second kappa shape index (κ2) is 5.17. The molecule has 0 fully saturated rings. The smallest absolute Gasteiger partial charge is 0.119 e. The quantitative estimate of drug-likeness (QED) is 0.773. The van der Waals surface area contributed by atoms with Gasteiger partial charge in [-0.25, -0.2) is 0 Å². The normalized spacial score (nSPS) is 18.0. The van der Waals surface area contributed by atoms with Gasteiger partial charge in [0.2, 0.25) is 0 Å². The minimum absolute atomic E-state index is 0.617. The summed E-state index contributed by atoms with van der Waals surface area (Å²) in [4.78, 5) is 0. The van der Waals surface area contributed by atoms with Crippen LogP contribution in [0.3, 0.4) is 0 Å². The highest BCUT2D eigenvalue weighted by atomic mass is 16.5. The van der Waals surface area contributed by atoms with E-state index in [0.717, 1.165) is 12.2 Å². The highest BCUT2D eigenvalue weighted by Gasteiger charge is 2.12. The molecule has 0 radical (unpaired) electrons. The average Bonchev–Trinajstić information content (AvgIpc) is 2.52. The lowest BCUT2D eigenvalue weighted by molar-refractivity contribution is 0.414. The van der Waals surface area contributed by atoms with Gasteiger partial charge in [0.05, 0.1) is 7.11 Å². The molecule has 2 N–H and O–H groups in total. The van der Waals surface area contributed by atoms with Gasteiger partial charge in [-0.3, -0.25) is 0 Å². The fourth-order valence-corrected chi connectivity index (χ4v) is 2.32. The summed E-state index contributed by atoms with van der Waals surface area (Å²) in [7, 11) is 1.71. The second-order valence-electron chi connectivity index (χ2n) is 4.20. The number of rotatable bonds is 2. The molecule has 2 rings (SSSR count). The summed E-state index contributed by atoms with van der Waals surface area (Å²) < 4.78 is 5.29. The van der Waals surface area contributed by atoms with Gasteiger partial charge < -0.3 is 10.5 Å². The maximum atomic E-state index is 5.63. The van der Waals surface area contributed by atoms with Crippen LogP contribution in [0.15, 0.2) is 24.3 Å². The Kier molecular flexibility index (Phi) is 3.62. The molecule has 0 aliphatic heterocycles. The van der Waals surface area contributed by atoms with Crippen LogP contribution in [0.1, 0.15) is 30.4 Å². The van der Waals surface area contributed by atoms with Crippen molar-refractivity contribution in [2.24, 2.45) is 5.73 Å². The van der Waals surface area contributed by atoms with Crippen molar-refractivity contribution in [3.63, 3.8) is 0 Å². The molecule has 16 heavy (non-hydrogen) atoms. The lowest BCUT2D eigenvalue weighted by Crippen LogP contribution is -1.97. The van der Waals surface area contributed by atoms with E-state index in [1.165, 1.54) is 36.0 Å². The molecule has 0 bridgehead atoms. The number of fused-ring (bicyclic) bond motifs is 1. The maximum absolute atomic E-state index is 5.63. The van der Waals surface area contributed by atoms with Gasteiger partial charge in [0, 0.05) is 6.54 Å². The first-order chi connectivity index (χ1) is 7.85. The average molecular weight is 217 g/mol. The number of nitrogens with two attached hydrogens (primary N) is 1. The summed E-state index contributed by atoms with van der Waals surface area (Å²) in [5, 5.41) is 0. The largest absolute Gasteiger partial charge is 0.497 e. The van der Waals surface area contributed by atoms with E-state index < -0.39 is 0 Å². The zero-order valence-corrected chi connectivity index (χ0v) is 9.83. The van der Waals surface area contributed by atoms with E-state index in [1.807, 2.05) is 6.07 Å². The number of benzene rings is 1.